The number of aryl methyl sites for hydroxylation is 1. The lowest BCUT2D eigenvalue weighted by molar-refractivity contribution is 0.0710. The third kappa shape index (κ3) is 5.33. The third-order valence-corrected chi connectivity index (χ3v) is 6.77. The average Bonchev–Trinajstić information content (AvgIpc) is 2.83. The Hall–Kier alpha value is -2.69. The van der Waals surface area contributed by atoms with Crippen LogP contribution in [-0.4, -0.2) is 41.3 Å². The highest BCUT2D eigenvalue weighted by Gasteiger charge is 2.28. The van der Waals surface area contributed by atoms with Gasteiger partial charge in [-0.1, -0.05) is 37.5 Å². The molecule has 2 aliphatic rings. The van der Waals surface area contributed by atoms with Crippen LogP contribution in [0.25, 0.3) is 0 Å². The van der Waals surface area contributed by atoms with Gasteiger partial charge in [0.05, 0.1) is 11.3 Å². The molecule has 2 amide bonds. The molecule has 164 valence electrons. The van der Waals surface area contributed by atoms with Crippen LogP contribution in [-0.2, 0) is 0 Å². The molecule has 1 aliphatic heterocycles. The standard InChI is InChI=1S/C26H33N3O2/c1-19-12-13-23(25(30)27-18-20-8-4-2-5-9-20)24(28-19)21-14-16-29(17-15-21)26(31)22-10-6-3-7-11-22/h3,6-7,10-13,20-21H,2,4-5,8-9,14-18H2,1H3,(H,27,30). The molecule has 1 aromatic heterocycles. The summed E-state index contributed by atoms with van der Waals surface area (Å²) in [5, 5.41) is 3.17. The molecule has 5 nitrogen and oxygen atoms in total. The lowest BCUT2D eigenvalue weighted by Gasteiger charge is -2.32. The highest BCUT2D eigenvalue weighted by Crippen LogP contribution is 2.30. The van der Waals surface area contributed by atoms with Gasteiger partial charge >= 0.3 is 0 Å². The quantitative estimate of drug-likeness (QED) is 0.763. The number of likely N-dealkylation sites (tertiary alicyclic amines) is 1. The molecule has 2 aromatic rings. The van der Waals surface area contributed by atoms with E-state index in [0.29, 0.717) is 24.6 Å². The van der Waals surface area contributed by atoms with Crippen LogP contribution >= 0.6 is 0 Å². The zero-order valence-corrected chi connectivity index (χ0v) is 18.5. The zero-order chi connectivity index (χ0) is 21.6. The number of carbonyl (C=O) groups is 2. The van der Waals surface area contributed by atoms with Gasteiger partial charge in [0, 0.05) is 36.8 Å². The van der Waals surface area contributed by atoms with E-state index in [-0.39, 0.29) is 17.7 Å². The van der Waals surface area contributed by atoms with Crippen molar-refractivity contribution in [3.05, 3.63) is 65.0 Å². The first-order valence-electron chi connectivity index (χ1n) is 11.7. The fourth-order valence-corrected chi connectivity index (χ4v) is 4.92. The molecule has 1 saturated heterocycles. The Balaban J connectivity index is 1.40. The van der Waals surface area contributed by atoms with Crippen molar-refractivity contribution in [2.24, 2.45) is 5.92 Å². The number of pyridine rings is 1. The Morgan fingerprint density at radius 1 is 0.968 bits per heavy atom. The number of nitrogens with one attached hydrogen (secondary N) is 1. The number of hydrogen-bond donors (Lipinski definition) is 1. The second kappa shape index (κ2) is 10.1. The topological polar surface area (TPSA) is 62.3 Å². The summed E-state index contributed by atoms with van der Waals surface area (Å²) in [6.07, 6.45) is 7.97. The first-order valence-corrected chi connectivity index (χ1v) is 11.7. The minimum atomic E-state index is -0.00383. The van der Waals surface area contributed by atoms with Crippen LogP contribution < -0.4 is 5.32 Å². The Bertz CT molecular complexity index is 898. The zero-order valence-electron chi connectivity index (χ0n) is 18.5. The number of hydrogen-bond acceptors (Lipinski definition) is 3. The molecule has 2 fully saturated rings. The predicted octanol–water partition coefficient (Wildman–Crippen LogP) is 4.72. The van der Waals surface area contributed by atoms with E-state index in [1.807, 2.05) is 54.3 Å². The second-order valence-electron chi connectivity index (χ2n) is 9.03. The van der Waals surface area contributed by atoms with Crippen molar-refractivity contribution in [3.8, 4) is 0 Å². The molecule has 0 spiro atoms. The molecular weight excluding hydrogens is 386 g/mol. The van der Waals surface area contributed by atoms with Crippen LogP contribution in [0.2, 0.25) is 0 Å². The molecular formula is C26H33N3O2. The molecule has 0 unspecified atom stereocenters. The lowest BCUT2D eigenvalue weighted by Crippen LogP contribution is -2.38. The van der Waals surface area contributed by atoms with Crippen LogP contribution in [0.3, 0.4) is 0 Å². The Kier molecular flexibility index (Phi) is 7.00. The van der Waals surface area contributed by atoms with E-state index in [4.69, 9.17) is 4.98 Å². The summed E-state index contributed by atoms with van der Waals surface area (Å²) in [7, 11) is 0. The molecule has 5 heteroatoms. The van der Waals surface area contributed by atoms with Gasteiger partial charge < -0.3 is 10.2 Å². The largest absolute Gasteiger partial charge is 0.352 e. The fourth-order valence-electron chi connectivity index (χ4n) is 4.92. The first-order chi connectivity index (χ1) is 15.1. The molecule has 1 aromatic carbocycles. The van der Waals surface area contributed by atoms with Gasteiger partial charge in [-0.3, -0.25) is 14.6 Å². The number of amides is 2. The number of aromatic nitrogens is 1. The summed E-state index contributed by atoms with van der Waals surface area (Å²) in [5.74, 6) is 0.888. The molecule has 1 N–H and O–H groups in total. The van der Waals surface area contributed by atoms with Crippen molar-refractivity contribution in [1.82, 2.24) is 15.2 Å². The summed E-state index contributed by atoms with van der Waals surface area (Å²) in [6.45, 7) is 4.12. The van der Waals surface area contributed by atoms with Gasteiger partial charge in [0.15, 0.2) is 0 Å². The highest BCUT2D eigenvalue weighted by atomic mass is 16.2. The van der Waals surface area contributed by atoms with Crippen molar-refractivity contribution in [2.75, 3.05) is 19.6 Å². The van der Waals surface area contributed by atoms with Gasteiger partial charge in [0.2, 0.25) is 0 Å². The van der Waals surface area contributed by atoms with Crippen LogP contribution in [0.15, 0.2) is 42.5 Å². The van der Waals surface area contributed by atoms with E-state index < -0.39 is 0 Å². The minimum absolute atomic E-state index is 0.00383. The summed E-state index contributed by atoms with van der Waals surface area (Å²) in [6, 6.07) is 13.3. The van der Waals surface area contributed by atoms with E-state index in [2.05, 4.69) is 5.32 Å². The molecule has 1 saturated carbocycles. The van der Waals surface area contributed by atoms with Crippen LogP contribution in [0.5, 0.6) is 0 Å². The van der Waals surface area contributed by atoms with Crippen molar-refractivity contribution in [2.45, 2.75) is 57.8 Å². The second-order valence-corrected chi connectivity index (χ2v) is 9.03. The van der Waals surface area contributed by atoms with Gasteiger partial charge in [-0.05, 0) is 62.8 Å². The van der Waals surface area contributed by atoms with Crippen LogP contribution in [0.4, 0.5) is 0 Å². The Morgan fingerprint density at radius 3 is 2.39 bits per heavy atom. The monoisotopic (exact) mass is 419 g/mol. The number of carbonyl (C=O) groups excluding carboxylic acids is 2. The maximum atomic E-state index is 13.0. The summed E-state index contributed by atoms with van der Waals surface area (Å²) in [5.41, 5.74) is 3.27. The van der Waals surface area contributed by atoms with Gasteiger partial charge in [0.1, 0.15) is 0 Å². The smallest absolute Gasteiger partial charge is 0.253 e. The van der Waals surface area contributed by atoms with Crippen molar-refractivity contribution < 1.29 is 9.59 Å². The SMILES string of the molecule is Cc1ccc(C(=O)NCC2CCCCC2)c(C2CCN(C(=O)c3ccccc3)CC2)n1. The summed E-state index contributed by atoms with van der Waals surface area (Å²) >= 11 is 0. The van der Waals surface area contributed by atoms with Crippen molar-refractivity contribution in [3.63, 3.8) is 0 Å². The van der Waals surface area contributed by atoms with Crippen LogP contribution in [0.1, 0.15) is 83.0 Å². The summed E-state index contributed by atoms with van der Waals surface area (Å²) in [4.78, 5) is 32.5. The maximum absolute atomic E-state index is 13.0. The van der Waals surface area contributed by atoms with E-state index in [1.54, 1.807) is 0 Å². The average molecular weight is 420 g/mol. The molecule has 1 aliphatic carbocycles. The number of nitrogens with zero attached hydrogens (tertiary/aromatic N) is 2. The fraction of sp³-hybridized carbons (Fsp3) is 0.500. The van der Waals surface area contributed by atoms with E-state index in [0.717, 1.165) is 36.3 Å². The van der Waals surface area contributed by atoms with Gasteiger partial charge in [-0.2, -0.15) is 0 Å². The maximum Gasteiger partial charge on any atom is 0.253 e. The van der Waals surface area contributed by atoms with E-state index in [9.17, 15) is 9.59 Å². The molecule has 2 heterocycles. The van der Waals surface area contributed by atoms with Crippen molar-refractivity contribution in [1.29, 1.82) is 0 Å². The van der Waals surface area contributed by atoms with Gasteiger partial charge in [-0.25, -0.2) is 0 Å². The highest BCUT2D eigenvalue weighted by molar-refractivity contribution is 5.95. The predicted molar refractivity (Wildman–Crippen MR) is 122 cm³/mol. The number of piperidine rings is 1. The first kappa shape index (κ1) is 21.5. The van der Waals surface area contributed by atoms with E-state index in [1.165, 1.54) is 32.1 Å². The molecule has 4 rings (SSSR count). The van der Waals surface area contributed by atoms with E-state index >= 15 is 0 Å². The molecule has 0 atom stereocenters. The number of benzene rings is 1. The normalized spacial score (nSPS) is 18.0. The van der Waals surface area contributed by atoms with Gasteiger partial charge in [-0.15, -0.1) is 0 Å². The molecule has 0 radical (unpaired) electrons. The Morgan fingerprint density at radius 2 is 1.68 bits per heavy atom. The minimum Gasteiger partial charge on any atom is -0.352 e. The molecule has 0 bridgehead atoms. The number of rotatable bonds is 5. The van der Waals surface area contributed by atoms with Crippen LogP contribution in [0, 0.1) is 12.8 Å². The lowest BCUT2D eigenvalue weighted by atomic mass is 9.88. The van der Waals surface area contributed by atoms with Gasteiger partial charge in [0.25, 0.3) is 11.8 Å². The Labute approximate surface area is 185 Å². The van der Waals surface area contributed by atoms with Crippen molar-refractivity contribution >= 4 is 11.8 Å². The third-order valence-electron chi connectivity index (χ3n) is 6.77. The molecule has 31 heavy (non-hydrogen) atoms. The summed E-state index contributed by atoms with van der Waals surface area (Å²) < 4.78 is 0.